The van der Waals surface area contributed by atoms with Crippen molar-refractivity contribution < 1.29 is 13.2 Å². The van der Waals surface area contributed by atoms with Crippen LogP contribution in [0.3, 0.4) is 0 Å². The molecule has 8 heteroatoms. The third-order valence-electron chi connectivity index (χ3n) is 3.32. The van der Waals surface area contributed by atoms with E-state index in [4.69, 9.17) is 5.14 Å². The second-order valence-electron chi connectivity index (χ2n) is 4.94. The van der Waals surface area contributed by atoms with Gasteiger partial charge < -0.3 is 16.0 Å². The number of benzene rings is 1. The van der Waals surface area contributed by atoms with Crippen molar-refractivity contribution >= 4 is 15.9 Å². The lowest BCUT2D eigenvalue weighted by molar-refractivity contribution is -0.123. The van der Waals surface area contributed by atoms with Crippen molar-refractivity contribution in [2.24, 2.45) is 5.14 Å². The Labute approximate surface area is 124 Å². The van der Waals surface area contributed by atoms with Gasteiger partial charge in [-0.25, -0.2) is 13.6 Å². The van der Waals surface area contributed by atoms with Gasteiger partial charge in [-0.3, -0.25) is 4.79 Å². The van der Waals surface area contributed by atoms with E-state index in [9.17, 15) is 13.2 Å². The summed E-state index contributed by atoms with van der Waals surface area (Å²) in [6, 6.07) is 6.15. The fourth-order valence-electron chi connectivity index (χ4n) is 2.14. The van der Waals surface area contributed by atoms with Crippen molar-refractivity contribution in [1.82, 2.24) is 16.0 Å². The van der Waals surface area contributed by atoms with Crippen molar-refractivity contribution in [2.45, 2.75) is 17.4 Å². The van der Waals surface area contributed by atoms with Gasteiger partial charge in [-0.1, -0.05) is 12.1 Å². The van der Waals surface area contributed by atoms with E-state index in [1.165, 1.54) is 12.1 Å². The lowest BCUT2D eigenvalue weighted by Crippen LogP contribution is -2.55. The van der Waals surface area contributed by atoms with Crippen molar-refractivity contribution in [1.29, 1.82) is 0 Å². The van der Waals surface area contributed by atoms with Gasteiger partial charge in [0.2, 0.25) is 15.9 Å². The Balaban J connectivity index is 1.79. The van der Waals surface area contributed by atoms with Crippen LogP contribution in [-0.2, 0) is 21.2 Å². The van der Waals surface area contributed by atoms with Gasteiger partial charge in [0.05, 0.1) is 10.9 Å². The highest BCUT2D eigenvalue weighted by Crippen LogP contribution is 2.08. The number of nitrogens with two attached hydrogens (primary N) is 1. The number of piperazine rings is 1. The Hall–Kier alpha value is -1.48. The molecule has 1 heterocycles. The number of sulfonamides is 1. The molecule has 1 atom stereocenters. The van der Waals surface area contributed by atoms with E-state index < -0.39 is 10.0 Å². The first-order valence-electron chi connectivity index (χ1n) is 6.80. The molecule has 0 spiro atoms. The summed E-state index contributed by atoms with van der Waals surface area (Å²) >= 11 is 0. The number of nitrogens with one attached hydrogen (secondary N) is 3. The fourth-order valence-corrected chi connectivity index (χ4v) is 2.65. The Morgan fingerprint density at radius 3 is 2.57 bits per heavy atom. The predicted octanol–water partition coefficient (Wildman–Crippen LogP) is -1.45. The maximum absolute atomic E-state index is 11.9. The van der Waals surface area contributed by atoms with Crippen LogP contribution in [0.4, 0.5) is 0 Å². The van der Waals surface area contributed by atoms with Crippen LogP contribution in [0.25, 0.3) is 0 Å². The van der Waals surface area contributed by atoms with Gasteiger partial charge in [0.25, 0.3) is 0 Å². The highest BCUT2D eigenvalue weighted by Gasteiger charge is 2.19. The standard InChI is InChI=1S/C13H20N4O3S/c14-21(19,20)11-3-1-10(2-4-11)5-6-17-13(18)12-9-15-7-8-16-12/h1-4,12,15-16H,5-9H2,(H,17,18)(H2,14,19,20). The maximum Gasteiger partial charge on any atom is 0.238 e. The summed E-state index contributed by atoms with van der Waals surface area (Å²) in [7, 11) is -3.65. The van der Waals surface area contributed by atoms with Crippen molar-refractivity contribution in [3.8, 4) is 0 Å². The SMILES string of the molecule is NS(=O)(=O)c1ccc(CCNC(=O)C2CNCCN2)cc1. The van der Waals surface area contributed by atoms with E-state index in [0.717, 1.165) is 18.7 Å². The van der Waals surface area contributed by atoms with E-state index in [0.29, 0.717) is 19.5 Å². The summed E-state index contributed by atoms with van der Waals surface area (Å²) in [6.07, 6.45) is 0.636. The van der Waals surface area contributed by atoms with Crippen LogP contribution >= 0.6 is 0 Å². The number of hydrogen-bond donors (Lipinski definition) is 4. The molecule has 0 bridgehead atoms. The van der Waals surface area contributed by atoms with Gasteiger partial charge in [0.15, 0.2) is 0 Å². The van der Waals surface area contributed by atoms with Gasteiger partial charge in [0, 0.05) is 26.2 Å². The first-order chi connectivity index (χ1) is 9.97. The Bertz CT molecular complexity index is 580. The molecule has 0 saturated carbocycles. The van der Waals surface area contributed by atoms with E-state index in [2.05, 4.69) is 16.0 Å². The number of carbonyl (C=O) groups excluding carboxylic acids is 1. The van der Waals surface area contributed by atoms with Gasteiger partial charge in [-0.2, -0.15) is 0 Å². The summed E-state index contributed by atoms with van der Waals surface area (Å²) in [4.78, 5) is 12.0. The number of amides is 1. The molecule has 0 aliphatic carbocycles. The van der Waals surface area contributed by atoms with Crippen LogP contribution in [0.5, 0.6) is 0 Å². The molecule has 1 fully saturated rings. The number of hydrogen-bond acceptors (Lipinski definition) is 5. The van der Waals surface area contributed by atoms with Gasteiger partial charge in [0.1, 0.15) is 0 Å². The molecule has 1 aliphatic heterocycles. The van der Waals surface area contributed by atoms with Gasteiger partial charge in [-0.15, -0.1) is 0 Å². The zero-order valence-corrected chi connectivity index (χ0v) is 12.4. The predicted molar refractivity (Wildman–Crippen MR) is 79.2 cm³/mol. The lowest BCUT2D eigenvalue weighted by Gasteiger charge is -2.23. The molecule has 0 radical (unpaired) electrons. The minimum Gasteiger partial charge on any atom is -0.354 e. The molecule has 0 aromatic heterocycles. The zero-order valence-electron chi connectivity index (χ0n) is 11.6. The van der Waals surface area contributed by atoms with E-state index >= 15 is 0 Å². The molecular formula is C13H20N4O3S. The van der Waals surface area contributed by atoms with Crippen LogP contribution in [0.2, 0.25) is 0 Å². The number of carbonyl (C=O) groups is 1. The van der Waals surface area contributed by atoms with E-state index in [-0.39, 0.29) is 16.8 Å². The molecule has 7 nitrogen and oxygen atoms in total. The first-order valence-corrected chi connectivity index (χ1v) is 8.35. The fraction of sp³-hybridized carbons (Fsp3) is 0.462. The normalized spacial score (nSPS) is 19.2. The summed E-state index contributed by atoms with van der Waals surface area (Å²) in [5.41, 5.74) is 0.942. The summed E-state index contributed by atoms with van der Waals surface area (Å²) in [6.45, 7) is 2.80. The molecule has 1 aliphatic rings. The van der Waals surface area contributed by atoms with Crippen molar-refractivity contribution in [3.05, 3.63) is 29.8 Å². The maximum atomic E-state index is 11.9. The second-order valence-corrected chi connectivity index (χ2v) is 6.50. The Morgan fingerprint density at radius 1 is 1.29 bits per heavy atom. The molecule has 1 amide bonds. The molecule has 1 saturated heterocycles. The van der Waals surface area contributed by atoms with Gasteiger partial charge >= 0.3 is 0 Å². The first kappa shape index (κ1) is 15.9. The minimum absolute atomic E-state index is 0.0247. The molecule has 116 valence electrons. The summed E-state index contributed by atoms with van der Waals surface area (Å²) in [5, 5.41) is 14.2. The molecule has 1 unspecified atom stereocenters. The average molecular weight is 312 g/mol. The quantitative estimate of drug-likeness (QED) is 0.531. The molecule has 2 rings (SSSR count). The van der Waals surface area contributed by atoms with Crippen LogP contribution in [0, 0.1) is 0 Å². The molecule has 1 aromatic carbocycles. The Morgan fingerprint density at radius 2 is 2.00 bits per heavy atom. The third-order valence-corrected chi connectivity index (χ3v) is 4.25. The summed E-state index contributed by atoms with van der Waals surface area (Å²) < 4.78 is 22.3. The average Bonchev–Trinajstić information content (AvgIpc) is 2.47. The number of rotatable bonds is 5. The second kappa shape index (κ2) is 6.99. The molecule has 21 heavy (non-hydrogen) atoms. The minimum atomic E-state index is -3.65. The lowest BCUT2D eigenvalue weighted by atomic mass is 10.1. The zero-order chi connectivity index (χ0) is 15.3. The van der Waals surface area contributed by atoms with Crippen molar-refractivity contribution in [3.63, 3.8) is 0 Å². The number of primary sulfonamides is 1. The highest BCUT2D eigenvalue weighted by atomic mass is 32.2. The Kier molecular flexibility index (Phi) is 5.29. The highest BCUT2D eigenvalue weighted by molar-refractivity contribution is 7.89. The molecule has 5 N–H and O–H groups in total. The van der Waals surface area contributed by atoms with Crippen LogP contribution in [-0.4, -0.2) is 46.5 Å². The van der Waals surface area contributed by atoms with Crippen LogP contribution < -0.4 is 21.1 Å². The molecule has 1 aromatic rings. The largest absolute Gasteiger partial charge is 0.354 e. The van der Waals surface area contributed by atoms with Crippen molar-refractivity contribution in [2.75, 3.05) is 26.2 Å². The third kappa shape index (κ3) is 4.78. The monoisotopic (exact) mass is 312 g/mol. The van der Waals surface area contributed by atoms with E-state index in [1.54, 1.807) is 12.1 Å². The summed E-state index contributed by atoms with van der Waals surface area (Å²) in [5.74, 6) is -0.0247. The van der Waals surface area contributed by atoms with E-state index in [1.807, 2.05) is 0 Å². The smallest absolute Gasteiger partial charge is 0.238 e. The van der Waals surface area contributed by atoms with Gasteiger partial charge in [-0.05, 0) is 24.1 Å². The topological polar surface area (TPSA) is 113 Å². The van der Waals surface area contributed by atoms with Crippen LogP contribution in [0.1, 0.15) is 5.56 Å². The van der Waals surface area contributed by atoms with Crippen LogP contribution in [0.15, 0.2) is 29.2 Å². The molecular weight excluding hydrogens is 292 g/mol.